The van der Waals surface area contributed by atoms with Gasteiger partial charge in [0.1, 0.15) is 0 Å². The maximum absolute atomic E-state index is 5.06. The molecule has 1 aromatic rings. The fourth-order valence-electron chi connectivity index (χ4n) is 2.47. The lowest BCUT2D eigenvalue weighted by atomic mass is 9.84. The summed E-state index contributed by atoms with van der Waals surface area (Å²) in [5, 5.41) is 0. The highest BCUT2D eigenvalue weighted by Gasteiger charge is 2.21. The number of benzene rings is 1. The highest BCUT2D eigenvalue weighted by Crippen LogP contribution is 2.36. The Bertz CT molecular complexity index is 492. The van der Waals surface area contributed by atoms with Gasteiger partial charge < -0.3 is 0 Å². The molecule has 0 saturated carbocycles. The highest BCUT2D eigenvalue weighted by molar-refractivity contribution is 5.90. The molecule has 1 rings (SSSR count). The molecule has 0 amide bonds. The summed E-state index contributed by atoms with van der Waals surface area (Å²) >= 11 is 0. The third-order valence-electron chi connectivity index (χ3n) is 4.26. The average molecular weight is 285 g/mol. The standard InChI is InChI=1S/C20H31N/c1-9-13-20(7,8)16(6)21-19-17(14(2)3)11-10-12-18(19)15(4)5/h9-12,14-15H,1,13H2,2-8H3. The molecule has 0 aromatic heterocycles. The van der Waals surface area contributed by atoms with Crippen molar-refractivity contribution in [1.82, 2.24) is 0 Å². The summed E-state index contributed by atoms with van der Waals surface area (Å²) in [6.45, 7) is 19.4. The minimum atomic E-state index is 0.0556. The van der Waals surface area contributed by atoms with E-state index in [2.05, 4.69) is 73.2 Å². The summed E-state index contributed by atoms with van der Waals surface area (Å²) in [6.07, 6.45) is 2.93. The molecule has 1 heteroatoms. The van der Waals surface area contributed by atoms with Crippen molar-refractivity contribution < 1.29 is 0 Å². The van der Waals surface area contributed by atoms with Gasteiger partial charge in [-0.25, -0.2) is 0 Å². The molecule has 0 saturated heterocycles. The van der Waals surface area contributed by atoms with Crippen molar-refractivity contribution in [3.8, 4) is 0 Å². The Labute approximate surface area is 131 Å². The van der Waals surface area contributed by atoms with E-state index in [1.165, 1.54) is 22.5 Å². The minimum absolute atomic E-state index is 0.0556. The van der Waals surface area contributed by atoms with Crippen LogP contribution in [-0.2, 0) is 0 Å². The normalized spacial score (nSPS) is 13.1. The molecule has 116 valence electrons. The minimum Gasteiger partial charge on any atom is -0.257 e. The van der Waals surface area contributed by atoms with Crippen LogP contribution in [0.1, 0.15) is 77.8 Å². The summed E-state index contributed by atoms with van der Waals surface area (Å²) in [5.74, 6) is 0.968. The number of hydrogen-bond acceptors (Lipinski definition) is 1. The van der Waals surface area contributed by atoms with Gasteiger partial charge in [0.15, 0.2) is 0 Å². The molecular weight excluding hydrogens is 254 g/mol. The van der Waals surface area contributed by atoms with Crippen molar-refractivity contribution in [2.75, 3.05) is 0 Å². The third kappa shape index (κ3) is 4.30. The molecule has 0 heterocycles. The second-order valence-electron chi connectivity index (χ2n) is 7.17. The van der Waals surface area contributed by atoms with Crippen molar-refractivity contribution in [3.63, 3.8) is 0 Å². The number of rotatable bonds is 6. The van der Waals surface area contributed by atoms with Crippen LogP contribution >= 0.6 is 0 Å². The van der Waals surface area contributed by atoms with Crippen LogP contribution in [0.5, 0.6) is 0 Å². The van der Waals surface area contributed by atoms with E-state index < -0.39 is 0 Å². The molecule has 1 aromatic carbocycles. The van der Waals surface area contributed by atoms with Crippen LogP contribution < -0.4 is 0 Å². The van der Waals surface area contributed by atoms with E-state index in [0.717, 1.165) is 6.42 Å². The summed E-state index contributed by atoms with van der Waals surface area (Å²) in [5.41, 5.74) is 5.10. The van der Waals surface area contributed by atoms with E-state index in [1.807, 2.05) is 6.08 Å². The lowest BCUT2D eigenvalue weighted by molar-refractivity contribution is 0.530. The van der Waals surface area contributed by atoms with Crippen molar-refractivity contribution >= 4 is 11.4 Å². The van der Waals surface area contributed by atoms with E-state index >= 15 is 0 Å². The molecule has 0 aliphatic heterocycles. The maximum atomic E-state index is 5.06. The molecule has 1 nitrogen and oxygen atoms in total. The van der Waals surface area contributed by atoms with Gasteiger partial charge in [0.25, 0.3) is 0 Å². The second kappa shape index (κ2) is 7.06. The molecule has 0 radical (unpaired) electrons. The van der Waals surface area contributed by atoms with E-state index in [9.17, 15) is 0 Å². The molecule has 0 N–H and O–H groups in total. The Hall–Kier alpha value is -1.37. The van der Waals surface area contributed by atoms with Gasteiger partial charge in [0.2, 0.25) is 0 Å². The molecular formula is C20H31N. The number of allylic oxidation sites excluding steroid dienone is 1. The smallest absolute Gasteiger partial charge is 0.0698 e. The SMILES string of the molecule is C=CCC(C)(C)C(C)=Nc1c(C(C)C)cccc1C(C)C. The first-order valence-corrected chi connectivity index (χ1v) is 8.00. The fraction of sp³-hybridized carbons (Fsp3) is 0.550. The summed E-state index contributed by atoms with van der Waals surface area (Å²) in [7, 11) is 0. The Morgan fingerprint density at radius 3 is 2.00 bits per heavy atom. The van der Waals surface area contributed by atoms with Crippen LogP contribution in [0.15, 0.2) is 35.8 Å². The number of nitrogens with zero attached hydrogens (tertiary/aromatic N) is 1. The Balaban J connectivity index is 3.43. The Morgan fingerprint density at radius 2 is 1.62 bits per heavy atom. The first kappa shape index (κ1) is 17.7. The molecule has 0 aliphatic carbocycles. The Morgan fingerprint density at radius 1 is 1.14 bits per heavy atom. The van der Waals surface area contributed by atoms with Gasteiger partial charge in [-0.2, -0.15) is 0 Å². The van der Waals surface area contributed by atoms with Crippen LogP contribution in [-0.4, -0.2) is 5.71 Å². The van der Waals surface area contributed by atoms with Gasteiger partial charge in [0, 0.05) is 11.1 Å². The van der Waals surface area contributed by atoms with Crippen molar-refractivity contribution in [2.24, 2.45) is 10.4 Å². The monoisotopic (exact) mass is 285 g/mol. The van der Waals surface area contributed by atoms with E-state index in [-0.39, 0.29) is 5.41 Å². The van der Waals surface area contributed by atoms with Gasteiger partial charge >= 0.3 is 0 Å². The lowest BCUT2D eigenvalue weighted by Gasteiger charge is -2.24. The zero-order valence-electron chi connectivity index (χ0n) is 14.8. The largest absolute Gasteiger partial charge is 0.257 e. The molecule has 0 unspecified atom stereocenters. The molecule has 0 atom stereocenters. The first-order valence-electron chi connectivity index (χ1n) is 8.00. The van der Waals surface area contributed by atoms with Gasteiger partial charge in [-0.05, 0) is 36.3 Å². The highest BCUT2D eigenvalue weighted by atomic mass is 14.8. The Kier molecular flexibility index (Phi) is 5.95. The van der Waals surface area contributed by atoms with Crippen molar-refractivity contribution in [2.45, 2.75) is 66.7 Å². The van der Waals surface area contributed by atoms with E-state index in [0.29, 0.717) is 11.8 Å². The molecule has 0 bridgehead atoms. The van der Waals surface area contributed by atoms with Crippen LogP contribution in [0.4, 0.5) is 5.69 Å². The predicted octanol–water partition coefficient (Wildman–Crippen LogP) is 6.63. The third-order valence-corrected chi connectivity index (χ3v) is 4.26. The fourth-order valence-corrected chi connectivity index (χ4v) is 2.47. The average Bonchev–Trinajstić information content (AvgIpc) is 2.38. The van der Waals surface area contributed by atoms with Crippen LogP contribution in [0.2, 0.25) is 0 Å². The van der Waals surface area contributed by atoms with Gasteiger partial charge in [-0.15, -0.1) is 6.58 Å². The van der Waals surface area contributed by atoms with Crippen LogP contribution in [0.25, 0.3) is 0 Å². The predicted molar refractivity (Wildman–Crippen MR) is 96.0 cm³/mol. The molecule has 0 fully saturated rings. The van der Waals surface area contributed by atoms with E-state index in [1.54, 1.807) is 0 Å². The lowest BCUT2D eigenvalue weighted by Crippen LogP contribution is -2.20. The topological polar surface area (TPSA) is 12.4 Å². The zero-order chi connectivity index (χ0) is 16.2. The molecule has 21 heavy (non-hydrogen) atoms. The quantitative estimate of drug-likeness (QED) is 0.411. The summed E-state index contributed by atoms with van der Waals surface area (Å²) in [6, 6.07) is 6.58. The maximum Gasteiger partial charge on any atom is 0.0698 e. The number of hydrogen-bond donors (Lipinski definition) is 0. The zero-order valence-corrected chi connectivity index (χ0v) is 14.8. The first-order chi connectivity index (χ1) is 9.70. The van der Waals surface area contributed by atoms with Crippen LogP contribution in [0, 0.1) is 5.41 Å². The summed E-state index contributed by atoms with van der Waals surface area (Å²) < 4.78 is 0. The van der Waals surface area contributed by atoms with Crippen molar-refractivity contribution in [3.05, 3.63) is 42.0 Å². The van der Waals surface area contributed by atoms with Crippen LogP contribution in [0.3, 0.4) is 0 Å². The second-order valence-corrected chi connectivity index (χ2v) is 7.17. The summed E-state index contributed by atoms with van der Waals surface area (Å²) in [4.78, 5) is 5.06. The molecule has 0 spiro atoms. The number of para-hydroxylation sites is 1. The van der Waals surface area contributed by atoms with Gasteiger partial charge in [0.05, 0.1) is 5.69 Å². The van der Waals surface area contributed by atoms with Crippen molar-refractivity contribution in [1.29, 1.82) is 0 Å². The van der Waals surface area contributed by atoms with E-state index in [4.69, 9.17) is 4.99 Å². The number of aliphatic imine (C=N–C) groups is 1. The van der Waals surface area contributed by atoms with Gasteiger partial charge in [-0.3, -0.25) is 4.99 Å². The van der Waals surface area contributed by atoms with Gasteiger partial charge in [-0.1, -0.05) is 65.8 Å². The molecule has 0 aliphatic rings.